The molecule has 0 aliphatic heterocycles. The number of aromatic nitrogens is 2. The summed E-state index contributed by atoms with van der Waals surface area (Å²) in [4.78, 5) is 10.9. The molecule has 0 saturated heterocycles. The summed E-state index contributed by atoms with van der Waals surface area (Å²) >= 11 is 1.71. The summed E-state index contributed by atoms with van der Waals surface area (Å²) < 4.78 is 0. The molecule has 0 aliphatic rings. The zero-order valence-electron chi connectivity index (χ0n) is 10.1. The van der Waals surface area contributed by atoms with E-state index in [9.17, 15) is 0 Å². The van der Waals surface area contributed by atoms with Gasteiger partial charge >= 0.3 is 0 Å². The molecule has 0 saturated carbocycles. The van der Waals surface area contributed by atoms with Crippen LogP contribution in [0.3, 0.4) is 0 Å². The average molecular weight is 235 g/mol. The van der Waals surface area contributed by atoms with Crippen molar-refractivity contribution in [2.75, 3.05) is 5.32 Å². The first kappa shape index (κ1) is 11.3. The fraction of sp³-hybridized carbons (Fsp3) is 0.500. The number of nitrogens with one attached hydrogen (secondary N) is 1. The molecule has 16 heavy (non-hydrogen) atoms. The highest BCUT2D eigenvalue weighted by molar-refractivity contribution is 7.18. The summed E-state index contributed by atoms with van der Waals surface area (Å²) in [6.07, 6.45) is 1.63. The van der Waals surface area contributed by atoms with Gasteiger partial charge in [0.15, 0.2) is 0 Å². The lowest BCUT2D eigenvalue weighted by Gasteiger charge is -2.18. The zero-order valence-corrected chi connectivity index (χ0v) is 10.9. The first-order chi connectivity index (χ1) is 7.58. The summed E-state index contributed by atoms with van der Waals surface area (Å²) in [5.41, 5.74) is 0. The van der Waals surface area contributed by atoms with Crippen LogP contribution in [0.15, 0.2) is 12.4 Å². The van der Waals surface area contributed by atoms with E-state index in [-0.39, 0.29) is 0 Å². The van der Waals surface area contributed by atoms with E-state index in [1.54, 1.807) is 17.7 Å². The summed E-state index contributed by atoms with van der Waals surface area (Å²) in [5, 5.41) is 4.59. The largest absolute Gasteiger partial charge is 0.367 e. The molecule has 1 N–H and O–H groups in total. The molecule has 1 atom stereocenters. The molecule has 2 aromatic heterocycles. The summed E-state index contributed by atoms with van der Waals surface area (Å²) in [6, 6.07) is 2.56. The van der Waals surface area contributed by atoms with Crippen molar-refractivity contribution in [1.82, 2.24) is 9.97 Å². The van der Waals surface area contributed by atoms with E-state index in [0.29, 0.717) is 12.0 Å². The molecule has 4 heteroatoms. The van der Waals surface area contributed by atoms with Crippen molar-refractivity contribution in [3.8, 4) is 0 Å². The molecule has 2 heterocycles. The third-order valence-electron chi connectivity index (χ3n) is 2.82. The van der Waals surface area contributed by atoms with E-state index < -0.39 is 0 Å². The second kappa shape index (κ2) is 4.37. The Bertz CT molecular complexity index is 490. The summed E-state index contributed by atoms with van der Waals surface area (Å²) in [5.74, 6) is 1.54. The molecular weight excluding hydrogens is 218 g/mol. The minimum atomic E-state index is 0.415. The molecule has 1 unspecified atom stereocenters. The Balaban J connectivity index is 2.36. The van der Waals surface area contributed by atoms with Crippen LogP contribution in [0.4, 0.5) is 5.82 Å². The van der Waals surface area contributed by atoms with Crippen LogP contribution in [0.2, 0.25) is 0 Å². The van der Waals surface area contributed by atoms with Crippen LogP contribution < -0.4 is 5.32 Å². The zero-order chi connectivity index (χ0) is 11.7. The number of nitrogens with zero attached hydrogens (tertiary/aromatic N) is 2. The molecule has 0 bridgehead atoms. The fourth-order valence-corrected chi connectivity index (χ4v) is 2.32. The van der Waals surface area contributed by atoms with Gasteiger partial charge in [-0.25, -0.2) is 9.97 Å². The topological polar surface area (TPSA) is 37.8 Å². The Labute approximate surface area is 99.9 Å². The first-order valence-corrected chi connectivity index (χ1v) is 6.37. The maximum Gasteiger partial charge on any atom is 0.138 e. The number of rotatable bonds is 3. The van der Waals surface area contributed by atoms with E-state index in [2.05, 4.69) is 49.0 Å². The molecule has 3 nitrogen and oxygen atoms in total. The lowest BCUT2D eigenvalue weighted by atomic mass is 10.1. The van der Waals surface area contributed by atoms with E-state index in [1.807, 2.05) is 0 Å². The third kappa shape index (κ3) is 2.16. The van der Waals surface area contributed by atoms with Crippen molar-refractivity contribution in [3.63, 3.8) is 0 Å². The Morgan fingerprint density at radius 3 is 2.69 bits per heavy atom. The van der Waals surface area contributed by atoms with E-state index in [4.69, 9.17) is 0 Å². The normalized spacial score (nSPS) is 13.3. The van der Waals surface area contributed by atoms with Crippen molar-refractivity contribution in [1.29, 1.82) is 0 Å². The van der Waals surface area contributed by atoms with Crippen LogP contribution in [0, 0.1) is 12.8 Å². The monoisotopic (exact) mass is 235 g/mol. The highest BCUT2D eigenvalue weighted by atomic mass is 32.1. The summed E-state index contributed by atoms with van der Waals surface area (Å²) in [7, 11) is 0. The SMILES string of the molecule is Cc1cc2c(NC(C)C(C)C)ncnc2s1. The van der Waals surface area contributed by atoms with Crippen molar-refractivity contribution in [3.05, 3.63) is 17.3 Å². The molecule has 0 amide bonds. The minimum absolute atomic E-state index is 0.415. The van der Waals surface area contributed by atoms with Crippen LogP contribution in [0.5, 0.6) is 0 Å². The Hall–Kier alpha value is -1.16. The second-order valence-corrected chi connectivity index (χ2v) is 5.71. The van der Waals surface area contributed by atoms with Gasteiger partial charge in [-0.15, -0.1) is 11.3 Å². The van der Waals surface area contributed by atoms with Gasteiger partial charge in [-0.05, 0) is 25.8 Å². The number of fused-ring (bicyclic) bond motifs is 1. The van der Waals surface area contributed by atoms with E-state index in [1.165, 1.54) is 4.88 Å². The van der Waals surface area contributed by atoms with Gasteiger partial charge in [0.1, 0.15) is 17.0 Å². The highest BCUT2D eigenvalue weighted by Gasteiger charge is 2.11. The Morgan fingerprint density at radius 2 is 2.00 bits per heavy atom. The predicted molar refractivity (Wildman–Crippen MR) is 70.1 cm³/mol. The molecule has 2 rings (SSSR count). The van der Waals surface area contributed by atoms with Crippen LogP contribution in [0.1, 0.15) is 25.6 Å². The van der Waals surface area contributed by atoms with Crippen molar-refractivity contribution in [2.24, 2.45) is 5.92 Å². The standard InChI is InChI=1S/C12H17N3S/c1-7(2)9(4)15-11-10-5-8(3)16-12(10)14-6-13-11/h5-7,9H,1-4H3,(H,13,14,15). The molecule has 0 radical (unpaired) electrons. The van der Waals surface area contributed by atoms with E-state index in [0.717, 1.165) is 16.0 Å². The molecular formula is C12H17N3S. The highest BCUT2D eigenvalue weighted by Crippen LogP contribution is 2.28. The van der Waals surface area contributed by atoms with Crippen molar-refractivity contribution in [2.45, 2.75) is 33.7 Å². The van der Waals surface area contributed by atoms with Crippen LogP contribution in [-0.2, 0) is 0 Å². The first-order valence-electron chi connectivity index (χ1n) is 5.55. The van der Waals surface area contributed by atoms with Gasteiger partial charge in [0.05, 0.1) is 5.39 Å². The fourth-order valence-electron chi connectivity index (χ4n) is 1.47. The van der Waals surface area contributed by atoms with Gasteiger partial charge in [0, 0.05) is 10.9 Å². The number of aryl methyl sites for hydroxylation is 1. The number of anilines is 1. The molecule has 0 aromatic carbocycles. The molecule has 0 spiro atoms. The average Bonchev–Trinajstić information content (AvgIpc) is 2.59. The van der Waals surface area contributed by atoms with Gasteiger partial charge < -0.3 is 5.32 Å². The van der Waals surface area contributed by atoms with Crippen molar-refractivity contribution < 1.29 is 0 Å². The van der Waals surface area contributed by atoms with Gasteiger partial charge in [-0.1, -0.05) is 13.8 Å². The lowest BCUT2D eigenvalue weighted by Crippen LogP contribution is -2.22. The van der Waals surface area contributed by atoms with Gasteiger partial charge in [-0.2, -0.15) is 0 Å². The molecule has 86 valence electrons. The maximum absolute atomic E-state index is 4.33. The molecule has 0 aliphatic carbocycles. The van der Waals surface area contributed by atoms with Crippen LogP contribution in [-0.4, -0.2) is 16.0 Å². The number of hydrogen-bond acceptors (Lipinski definition) is 4. The predicted octanol–water partition coefficient (Wildman–Crippen LogP) is 3.46. The Kier molecular flexibility index (Phi) is 3.10. The summed E-state index contributed by atoms with van der Waals surface area (Å²) in [6.45, 7) is 8.68. The number of thiophene rings is 1. The van der Waals surface area contributed by atoms with Gasteiger partial charge in [-0.3, -0.25) is 0 Å². The van der Waals surface area contributed by atoms with Gasteiger partial charge in [0.25, 0.3) is 0 Å². The Morgan fingerprint density at radius 1 is 1.25 bits per heavy atom. The van der Waals surface area contributed by atoms with Crippen molar-refractivity contribution >= 4 is 27.4 Å². The van der Waals surface area contributed by atoms with Crippen LogP contribution >= 0.6 is 11.3 Å². The van der Waals surface area contributed by atoms with E-state index >= 15 is 0 Å². The number of hydrogen-bond donors (Lipinski definition) is 1. The van der Waals surface area contributed by atoms with Crippen LogP contribution in [0.25, 0.3) is 10.2 Å². The lowest BCUT2D eigenvalue weighted by molar-refractivity contribution is 0.559. The third-order valence-corrected chi connectivity index (χ3v) is 3.78. The van der Waals surface area contributed by atoms with Gasteiger partial charge in [0.2, 0.25) is 0 Å². The second-order valence-electron chi connectivity index (χ2n) is 4.48. The maximum atomic E-state index is 4.33. The smallest absolute Gasteiger partial charge is 0.138 e. The quantitative estimate of drug-likeness (QED) is 0.885. The minimum Gasteiger partial charge on any atom is -0.367 e. The molecule has 2 aromatic rings. The molecule has 0 fully saturated rings.